The third-order valence-corrected chi connectivity index (χ3v) is 4.06. The predicted molar refractivity (Wildman–Crippen MR) is 103 cm³/mol. The van der Waals surface area contributed by atoms with E-state index in [0.717, 1.165) is 22.6 Å². The van der Waals surface area contributed by atoms with Gasteiger partial charge in [0.05, 0.1) is 23.5 Å². The minimum Gasteiger partial charge on any atom is -0.354 e. The van der Waals surface area contributed by atoms with Gasteiger partial charge in [-0.1, -0.05) is 6.07 Å². The minimum absolute atomic E-state index is 0.252. The van der Waals surface area contributed by atoms with Crippen LogP contribution < -0.4 is 10.6 Å². The van der Waals surface area contributed by atoms with Crippen LogP contribution in [0.2, 0.25) is 0 Å². The SMILES string of the molecule is Cc1ccc(NC(=O)c2ccc(Nc3ccc(C#N)cc3)cn2)cc1C. The highest BCUT2D eigenvalue weighted by molar-refractivity contribution is 6.03. The Hall–Kier alpha value is -3.65. The van der Waals surface area contributed by atoms with Gasteiger partial charge in [0.2, 0.25) is 0 Å². The van der Waals surface area contributed by atoms with Crippen molar-refractivity contribution in [2.24, 2.45) is 0 Å². The average Bonchev–Trinajstić information content (AvgIpc) is 2.66. The Kier molecular flexibility index (Phi) is 4.95. The first-order chi connectivity index (χ1) is 12.5. The molecule has 0 fully saturated rings. The summed E-state index contributed by atoms with van der Waals surface area (Å²) in [6.07, 6.45) is 1.60. The summed E-state index contributed by atoms with van der Waals surface area (Å²) >= 11 is 0. The Morgan fingerprint density at radius 1 is 0.923 bits per heavy atom. The lowest BCUT2D eigenvalue weighted by Gasteiger charge is -2.09. The summed E-state index contributed by atoms with van der Waals surface area (Å²) in [4.78, 5) is 16.5. The molecule has 3 aromatic rings. The Labute approximate surface area is 152 Å². The molecule has 0 aliphatic carbocycles. The number of aromatic nitrogens is 1. The maximum Gasteiger partial charge on any atom is 0.274 e. The van der Waals surface area contributed by atoms with E-state index >= 15 is 0 Å². The second kappa shape index (κ2) is 7.49. The van der Waals surface area contributed by atoms with Crippen LogP contribution >= 0.6 is 0 Å². The van der Waals surface area contributed by atoms with Crippen LogP contribution in [0, 0.1) is 25.2 Å². The van der Waals surface area contributed by atoms with Gasteiger partial charge in [-0.15, -0.1) is 0 Å². The third kappa shape index (κ3) is 4.05. The smallest absolute Gasteiger partial charge is 0.274 e. The summed E-state index contributed by atoms with van der Waals surface area (Å²) < 4.78 is 0. The average molecular weight is 342 g/mol. The number of carbonyl (C=O) groups excluding carboxylic acids is 1. The fourth-order valence-electron chi connectivity index (χ4n) is 2.41. The summed E-state index contributed by atoms with van der Waals surface area (Å²) in [5.74, 6) is -0.252. The summed E-state index contributed by atoms with van der Waals surface area (Å²) in [6, 6.07) is 18.4. The number of anilines is 3. The maximum atomic E-state index is 12.3. The van der Waals surface area contributed by atoms with Crippen LogP contribution in [0.1, 0.15) is 27.2 Å². The van der Waals surface area contributed by atoms with Crippen molar-refractivity contribution in [3.63, 3.8) is 0 Å². The van der Waals surface area contributed by atoms with Gasteiger partial charge in [-0.25, -0.2) is 4.98 Å². The third-order valence-electron chi connectivity index (χ3n) is 4.06. The lowest BCUT2D eigenvalue weighted by atomic mass is 10.1. The molecule has 0 aliphatic rings. The number of nitrogens with zero attached hydrogens (tertiary/aromatic N) is 2. The minimum atomic E-state index is -0.252. The molecule has 26 heavy (non-hydrogen) atoms. The van der Waals surface area contributed by atoms with E-state index in [1.165, 1.54) is 5.56 Å². The van der Waals surface area contributed by atoms with Gasteiger partial charge >= 0.3 is 0 Å². The summed E-state index contributed by atoms with van der Waals surface area (Å²) in [5, 5.41) is 14.9. The Balaban J connectivity index is 1.67. The Morgan fingerprint density at radius 3 is 2.23 bits per heavy atom. The fraction of sp³-hybridized carbons (Fsp3) is 0.0952. The Bertz CT molecular complexity index is 970. The van der Waals surface area contributed by atoms with Crippen molar-refractivity contribution in [1.82, 2.24) is 4.98 Å². The number of amides is 1. The van der Waals surface area contributed by atoms with Crippen LogP contribution in [0.25, 0.3) is 0 Å². The van der Waals surface area contributed by atoms with Crippen molar-refractivity contribution in [1.29, 1.82) is 5.26 Å². The van der Waals surface area contributed by atoms with Gasteiger partial charge in [-0.2, -0.15) is 5.26 Å². The van der Waals surface area contributed by atoms with Gasteiger partial charge in [0, 0.05) is 11.4 Å². The van der Waals surface area contributed by atoms with Gasteiger partial charge in [0.25, 0.3) is 5.91 Å². The highest BCUT2D eigenvalue weighted by atomic mass is 16.1. The molecule has 1 amide bonds. The lowest BCUT2D eigenvalue weighted by molar-refractivity contribution is 0.102. The van der Waals surface area contributed by atoms with Crippen molar-refractivity contribution in [2.75, 3.05) is 10.6 Å². The Morgan fingerprint density at radius 2 is 1.62 bits per heavy atom. The standard InChI is InChI=1S/C21H18N4O/c1-14-3-6-18(11-15(14)2)25-21(26)20-10-9-19(13-23-20)24-17-7-4-16(12-22)5-8-17/h3-11,13,24H,1-2H3,(H,25,26). The van der Waals surface area contributed by atoms with Gasteiger partial charge in [0.15, 0.2) is 0 Å². The molecule has 0 radical (unpaired) electrons. The molecule has 3 rings (SSSR count). The van der Waals surface area contributed by atoms with Crippen molar-refractivity contribution >= 4 is 23.0 Å². The number of rotatable bonds is 4. The van der Waals surface area contributed by atoms with Gasteiger partial charge in [-0.05, 0) is 73.5 Å². The second-order valence-corrected chi connectivity index (χ2v) is 6.00. The van der Waals surface area contributed by atoms with Gasteiger partial charge in [0.1, 0.15) is 5.69 Å². The summed E-state index contributed by atoms with van der Waals surface area (Å²) in [5.41, 5.74) is 5.60. The molecule has 1 heterocycles. The lowest BCUT2D eigenvalue weighted by Crippen LogP contribution is -2.13. The monoisotopic (exact) mass is 342 g/mol. The molecule has 0 atom stereocenters. The first-order valence-electron chi connectivity index (χ1n) is 8.17. The van der Waals surface area contributed by atoms with E-state index in [1.807, 2.05) is 44.2 Å². The molecular formula is C21H18N4O. The van der Waals surface area contributed by atoms with E-state index < -0.39 is 0 Å². The number of benzene rings is 2. The first-order valence-corrected chi connectivity index (χ1v) is 8.17. The van der Waals surface area contributed by atoms with Gasteiger partial charge in [-0.3, -0.25) is 4.79 Å². The van der Waals surface area contributed by atoms with E-state index in [1.54, 1.807) is 30.5 Å². The number of nitrogens with one attached hydrogen (secondary N) is 2. The van der Waals surface area contributed by atoms with E-state index in [4.69, 9.17) is 5.26 Å². The topological polar surface area (TPSA) is 77.8 Å². The molecule has 0 bridgehead atoms. The van der Waals surface area contributed by atoms with Crippen LogP contribution in [0.15, 0.2) is 60.8 Å². The van der Waals surface area contributed by atoms with Crippen LogP contribution in [-0.2, 0) is 0 Å². The number of aryl methyl sites for hydroxylation is 2. The highest BCUT2D eigenvalue weighted by Crippen LogP contribution is 2.18. The molecule has 0 spiro atoms. The van der Waals surface area contributed by atoms with Crippen LogP contribution in [0.3, 0.4) is 0 Å². The maximum absolute atomic E-state index is 12.3. The van der Waals surface area contributed by atoms with E-state index in [9.17, 15) is 4.79 Å². The highest BCUT2D eigenvalue weighted by Gasteiger charge is 2.08. The molecule has 5 heteroatoms. The van der Waals surface area contributed by atoms with Crippen LogP contribution in [0.5, 0.6) is 0 Å². The summed E-state index contributed by atoms with van der Waals surface area (Å²) in [6.45, 7) is 4.04. The molecule has 2 N–H and O–H groups in total. The molecule has 128 valence electrons. The normalized spacial score (nSPS) is 10.0. The van der Waals surface area contributed by atoms with Crippen molar-refractivity contribution in [2.45, 2.75) is 13.8 Å². The number of carbonyl (C=O) groups is 1. The van der Waals surface area contributed by atoms with E-state index in [0.29, 0.717) is 11.3 Å². The van der Waals surface area contributed by atoms with Crippen molar-refractivity contribution in [3.8, 4) is 6.07 Å². The van der Waals surface area contributed by atoms with Gasteiger partial charge < -0.3 is 10.6 Å². The molecule has 0 aliphatic heterocycles. The number of nitriles is 1. The first kappa shape index (κ1) is 17.2. The molecule has 2 aromatic carbocycles. The zero-order valence-corrected chi connectivity index (χ0v) is 14.6. The molecule has 1 aromatic heterocycles. The quantitative estimate of drug-likeness (QED) is 0.728. The van der Waals surface area contributed by atoms with E-state index in [-0.39, 0.29) is 5.91 Å². The molecule has 5 nitrogen and oxygen atoms in total. The molecule has 0 saturated heterocycles. The van der Waals surface area contributed by atoms with Crippen molar-refractivity contribution < 1.29 is 4.79 Å². The van der Waals surface area contributed by atoms with E-state index in [2.05, 4.69) is 21.7 Å². The van der Waals surface area contributed by atoms with Crippen LogP contribution in [-0.4, -0.2) is 10.9 Å². The van der Waals surface area contributed by atoms with Crippen molar-refractivity contribution in [3.05, 3.63) is 83.2 Å². The summed E-state index contributed by atoms with van der Waals surface area (Å²) in [7, 11) is 0. The fourth-order valence-corrected chi connectivity index (χ4v) is 2.41. The zero-order chi connectivity index (χ0) is 18.5. The molecular weight excluding hydrogens is 324 g/mol. The molecule has 0 unspecified atom stereocenters. The zero-order valence-electron chi connectivity index (χ0n) is 14.6. The number of pyridine rings is 1. The van der Waals surface area contributed by atoms with Crippen LogP contribution in [0.4, 0.5) is 17.1 Å². The molecule has 0 saturated carbocycles. The largest absolute Gasteiger partial charge is 0.354 e. The second-order valence-electron chi connectivity index (χ2n) is 6.00. The number of hydrogen-bond acceptors (Lipinski definition) is 4. The number of hydrogen-bond donors (Lipinski definition) is 2. The predicted octanol–water partition coefficient (Wildman–Crippen LogP) is 4.57.